The topological polar surface area (TPSA) is 84.6 Å². The highest BCUT2D eigenvalue weighted by atomic mass is 35.5. The van der Waals surface area contributed by atoms with Crippen LogP contribution in [0.4, 0.5) is 0 Å². The van der Waals surface area contributed by atoms with Crippen molar-refractivity contribution >= 4 is 52.4 Å². The van der Waals surface area contributed by atoms with Crippen LogP contribution in [0.3, 0.4) is 0 Å². The molecule has 5 nitrogen and oxygen atoms in total. The molecule has 1 heterocycles. The second kappa shape index (κ2) is 11.2. The summed E-state index contributed by atoms with van der Waals surface area (Å²) in [5.74, 6) is -0.931. The number of benzene rings is 3. The minimum Gasteiger partial charge on any atom is -0.489 e. The predicted molar refractivity (Wildman–Crippen MR) is 144 cm³/mol. The van der Waals surface area contributed by atoms with Crippen LogP contribution in [0.1, 0.15) is 16.7 Å². The van der Waals surface area contributed by atoms with Gasteiger partial charge in [-0.05, 0) is 41.5 Å². The Morgan fingerprint density at radius 1 is 0.861 bits per heavy atom. The van der Waals surface area contributed by atoms with E-state index in [-0.39, 0.29) is 30.8 Å². The van der Waals surface area contributed by atoms with E-state index in [9.17, 15) is 9.90 Å². The molecule has 0 radical (unpaired) electrons. The van der Waals surface area contributed by atoms with Crippen LogP contribution in [0.15, 0.2) is 89.8 Å². The zero-order valence-corrected chi connectivity index (χ0v) is 21.9. The zero-order valence-electron chi connectivity index (χ0n) is 18.9. The number of ether oxygens (including phenoxy) is 1. The Labute approximate surface area is 229 Å². The summed E-state index contributed by atoms with van der Waals surface area (Å²) in [5, 5.41) is 15.1. The molecule has 0 spiro atoms. The quantitative estimate of drug-likeness (QED) is 0.281. The van der Waals surface area contributed by atoms with Crippen molar-refractivity contribution < 1.29 is 14.6 Å². The summed E-state index contributed by atoms with van der Waals surface area (Å²) in [6, 6.07) is 19.6. The fourth-order valence-electron chi connectivity index (χ4n) is 3.97. The van der Waals surface area contributed by atoms with Crippen molar-refractivity contribution in [3.63, 3.8) is 0 Å². The number of aliphatic carboxylic acids is 1. The van der Waals surface area contributed by atoms with E-state index in [1.54, 1.807) is 30.3 Å². The van der Waals surface area contributed by atoms with Gasteiger partial charge in [0.25, 0.3) is 0 Å². The Morgan fingerprint density at radius 2 is 1.42 bits per heavy atom. The number of nitrogens with two attached hydrogens (primary N) is 1. The maximum atomic E-state index is 12.3. The van der Waals surface area contributed by atoms with Gasteiger partial charge in [0.2, 0.25) is 0 Å². The van der Waals surface area contributed by atoms with E-state index < -0.39 is 11.6 Å². The number of nitrogens with one attached hydrogen (secondary N) is 1. The van der Waals surface area contributed by atoms with Crippen molar-refractivity contribution in [2.75, 3.05) is 0 Å². The Hall–Kier alpha value is -2.67. The van der Waals surface area contributed by atoms with Crippen LogP contribution in [0.5, 0.6) is 0 Å². The lowest BCUT2D eigenvalue weighted by Gasteiger charge is -2.38. The fraction of sp³-hybridized carbons (Fsp3) is 0.148. The molecule has 0 fully saturated rings. The van der Waals surface area contributed by atoms with E-state index in [0.29, 0.717) is 31.4 Å². The van der Waals surface area contributed by atoms with E-state index in [1.807, 2.05) is 36.4 Å². The number of rotatable bonds is 8. The standard InChI is InChI=1S/C27H22Cl4N2O3/c28-20-8-3-1-6-16(20)12-24-18(26(34)35)13-25(36-15-19-22(30)10-5-11-23(19)31)27(32,33-24)14-17-7-2-4-9-21(17)29/h1-11,13,33H,12,14-15,32H2,(H,34,35). The third kappa shape index (κ3) is 5.83. The number of halogens is 4. The number of carboxylic acids is 1. The van der Waals surface area contributed by atoms with Crippen molar-refractivity contribution in [1.82, 2.24) is 5.32 Å². The van der Waals surface area contributed by atoms with Crippen LogP contribution in [-0.2, 0) is 29.0 Å². The molecule has 0 aliphatic carbocycles. The smallest absolute Gasteiger partial charge is 0.337 e. The van der Waals surface area contributed by atoms with Crippen LogP contribution in [0.2, 0.25) is 20.1 Å². The molecule has 1 atom stereocenters. The van der Waals surface area contributed by atoms with E-state index in [1.165, 1.54) is 6.08 Å². The van der Waals surface area contributed by atoms with Gasteiger partial charge < -0.3 is 20.9 Å². The molecule has 4 rings (SSSR count). The highest BCUT2D eigenvalue weighted by Crippen LogP contribution is 2.33. The number of hydrogen-bond donors (Lipinski definition) is 3. The van der Waals surface area contributed by atoms with Crippen LogP contribution in [0, 0.1) is 0 Å². The molecule has 1 aliphatic heterocycles. The number of allylic oxidation sites excluding steroid dienone is 1. The Balaban J connectivity index is 1.76. The first-order valence-corrected chi connectivity index (χ1v) is 12.5. The molecule has 1 aliphatic rings. The fourth-order valence-corrected chi connectivity index (χ4v) is 4.88. The minimum atomic E-state index is -1.33. The zero-order chi connectivity index (χ0) is 25.9. The average Bonchev–Trinajstić information content (AvgIpc) is 2.82. The molecule has 0 saturated heterocycles. The molecule has 1 unspecified atom stereocenters. The van der Waals surface area contributed by atoms with Gasteiger partial charge in [-0.2, -0.15) is 0 Å². The molecule has 3 aromatic carbocycles. The van der Waals surface area contributed by atoms with Crippen LogP contribution in [-0.4, -0.2) is 16.7 Å². The van der Waals surface area contributed by atoms with Gasteiger partial charge in [0.15, 0.2) is 0 Å². The summed E-state index contributed by atoms with van der Waals surface area (Å²) in [7, 11) is 0. The summed E-state index contributed by atoms with van der Waals surface area (Å²) in [6.07, 6.45) is 1.88. The van der Waals surface area contributed by atoms with Gasteiger partial charge in [-0.15, -0.1) is 0 Å². The van der Waals surface area contributed by atoms with Crippen LogP contribution < -0.4 is 11.1 Å². The molecule has 36 heavy (non-hydrogen) atoms. The Morgan fingerprint density at radius 3 is 2.00 bits per heavy atom. The summed E-state index contributed by atoms with van der Waals surface area (Å²) in [4.78, 5) is 12.3. The summed E-state index contributed by atoms with van der Waals surface area (Å²) in [5.41, 5.74) is 8.05. The number of hydrogen-bond acceptors (Lipinski definition) is 4. The maximum Gasteiger partial charge on any atom is 0.337 e. The lowest BCUT2D eigenvalue weighted by molar-refractivity contribution is -0.132. The molecule has 9 heteroatoms. The molecule has 0 saturated carbocycles. The van der Waals surface area contributed by atoms with Crippen LogP contribution >= 0.6 is 46.4 Å². The van der Waals surface area contributed by atoms with E-state index in [2.05, 4.69) is 5.32 Å². The SMILES string of the molecule is NC1(Cc2ccccc2Cl)NC(Cc2ccccc2Cl)=C(C(=O)O)C=C1OCc1c(Cl)cccc1Cl. The van der Waals surface area contributed by atoms with Gasteiger partial charge in [0.05, 0.1) is 5.57 Å². The second-order valence-corrected chi connectivity index (χ2v) is 9.96. The Kier molecular flexibility index (Phi) is 8.18. The molecule has 0 bridgehead atoms. The minimum absolute atomic E-state index is 0.00964. The van der Waals surface area contributed by atoms with Gasteiger partial charge >= 0.3 is 5.97 Å². The normalized spacial score (nSPS) is 17.4. The first-order chi connectivity index (χ1) is 17.2. The number of carboxylic acid groups (broad SMARTS) is 1. The summed E-state index contributed by atoms with van der Waals surface area (Å²) < 4.78 is 6.10. The van der Waals surface area contributed by atoms with Crippen molar-refractivity contribution in [1.29, 1.82) is 0 Å². The molecule has 3 aromatic rings. The van der Waals surface area contributed by atoms with Gasteiger partial charge in [-0.1, -0.05) is 88.9 Å². The summed E-state index contributed by atoms with van der Waals surface area (Å²) in [6.45, 7) is -0.0137. The molecule has 0 aromatic heterocycles. The summed E-state index contributed by atoms with van der Waals surface area (Å²) >= 11 is 25.4. The molecule has 4 N–H and O–H groups in total. The van der Waals surface area contributed by atoms with Gasteiger partial charge in [0, 0.05) is 44.2 Å². The van der Waals surface area contributed by atoms with E-state index in [0.717, 1.165) is 11.1 Å². The molecule has 0 amide bonds. The first-order valence-electron chi connectivity index (χ1n) is 11.0. The van der Waals surface area contributed by atoms with Crippen molar-refractivity contribution in [2.24, 2.45) is 5.73 Å². The molecule has 186 valence electrons. The largest absolute Gasteiger partial charge is 0.489 e. The van der Waals surface area contributed by atoms with Gasteiger partial charge in [-0.3, -0.25) is 0 Å². The third-order valence-corrected chi connectivity index (χ3v) is 7.28. The van der Waals surface area contributed by atoms with Crippen LogP contribution in [0.25, 0.3) is 0 Å². The van der Waals surface area contributed by atoms with E-state index in [4.69, 9.17) is 56.9 Å². The van der Waals surface area contributed by atoms with Crippen molar-refractivity contribution in [3.05, 3.63) is 127 Å². The lowest BCUT2D eigenvalue weighted by Crippen LogP contribution is -2.59. The highest BCUT2D eigenvalue weighted by molar-refractivity contribution is 6.36. The monoisotopic (exact) mass is 562 g/mol. The number of dihydropyridines is 1. The lowest BCUT2D eigenvalue weighted by atomic mass is 9.91. The Bertz CT molecular complexity index is 1350. The van der Waals surface area contributed by atoms with Gasteiger partial charge in [0.1, 0.15) is 18.0 Å². The number of carbonyl (C=O) groups is 1. The second-order valence-electron chi connectivity index (χ2n) is 8.33. The highest BCUT2D eigenvalue weighted by Gasteiger charge is 2.38. The van der Waals surface area contributed by atoms with Crippen molar-refractivity contribution in [3.8, 4) is 0 Å². The van der Waals surface area contributed by atoms with E-state index >= 15 is 0 Å². The molecular formula is C27H22Cl4N2O3. The van der Waals surface area contributed by atoms with Crippen molar-refractivity contribution in [2.45, 2.75) is 25.1 Å². The maximum absolute atomic E-state index is 12.3. The van der Waals surface area contributed by atoms with Gasteiger partial charge in [-0.25, -0.2) is 4.79 Å². The first kappa shape index (κ1) is 26.4. The predicted octanol–water partition coefficient (Wildman–Crippen LogP) is 6.78. The third-order valence-electron chi connectivity index (χ3n) is 5.83. The molecular weight excluding hydrogens is 542 g/mol. The average molecular weight is 564 g/mol.